The van der Waals surface area contributed by atoms with Crippen LogP contribution in [0.4, 0.5) is 0 Å². The van der Waals surface area contributed by atoms with Gasteiger partial charge in [-0.2, -0.15) is 0 Å². The minimum atomic E-state index is -0.0179. The smallest absolute Gasteiger partial charge is 0.262 e. The molecule has 0 N–H and O–H groups in total. The summed E-state index contributed by atoms with van der Waals surface area (Å²) in [6.07, 6.45) is 8.19. The molecule has 1 atom stereocenters. The highest BCUT2D eigenvalue weighted by Gasteiger charge is 2.24. The molecule has 7 nitrogen and oxygen atoms in total. The zero-order valence-electron chi connectivity index (χ0n) is 19.6. The van der Waals surface area contributed by atoms with Gasteiger partial charge in [-0.05, 0) is 61.8 Å². The number of carbonyl (C=O) groups is 1. The summed E-state index contributed by atoms with van der Waals surface area (Å²) in [6, 6.07) is 7.79. The Morgan fingerprint density at radius 1 is 1.29 bits per heavy atom. The van der Waals surface area contributed by atoms with E-state index in [2.05, 4.69) is 4.98 Å². The second-order valence-corrected chi connectivity index (χ2v) is 10.2. The Morgan fingerprint density at radius 3 is 3.00 bits per heavy atom. The van der Waals surface area contributed by atoms with E-state index in [0.717, 1.165) is 60.2 Å². The van der Waals surface area contributed by atoms with Crippen LogP contribution in [0.3, 0.4) is 0 Å². The number of thiophene rings is 1. The molecule has 1 fully saturated rings. The average Bonchev–Trinajstić information content (AvgIpc) is 3.51. The van der Waals surface area contributed by atoms with E-state index in [1.807, 2.05) is 29.2 Å². The van der Waals surface area contributed by atoms with Crippen LogP contribution in [0.5, 0.6) is 5.75 Å². The molecule has 3 heterocycles. The van der Waals surface area contributed by atoms with Gasteiger partial charge < -0.3 is 14.4 Å². The molecule has 1 unspecified atom stereocenters. The SMILES string of the molecule is COc1cccc(CN(CC2CCCO2)C(=O)CCn2cnc3sc4c(c3c2=O)CCCC4)c1. The number of fused-ring (bicyclic) bond motifs is 3. The summed E-state index contributed by atoms with van der Waals surface area (Å²) in [5.74, 6) is 0.782. The van der Waals surface area contributed by atoms with E-state index in [0.29, 0.717) is 19.6 Å². The maximum absolute atomic E-state index is 13.3. The number of amides is 1. The first-order valence-electron chi connectivity index (χ1n) is 12.1. The number of aromatic nitrogens is 2. The molecule has 0 spiro atoms. The van der Waals surface area contributed by atoms with E-state index in [4.69, 9.17) is 9.47 Å². The van der Waals surface area contributed by atoms with Crippen molar-refractivity contribution >= 4 is 27.5 Å². The molecule has 2 aromatic heterocycles. The second kappa shape index (κ2) is 10.3. The topological polar surface area (TPSA) is 73.7 Å². The van der Waals surface area contributed by atoms with E-state index in [9.17, 15) is 9.59 Å². The van der Waals surface area contributed by atoms with Gasteiger partial charge in [0.05, 0.1) is 24.9 Å². The molecule has 180 valence electrons. The Hall–Kier alpha value is -2.71. The van der Waals surface area contributed by atoms with Gasteiger partial charge in [0.15, 0.2) is 0 Å². The fourth-order valence-electron chi connectivity index (χ4n) is 4.99. The number of carbonyl (C=O) groups excluding carboxylic acids is 1. The van der Waals surface area contributed by atoms with Gasteiger partial charge in [0, 0.05) is 37.5 Å². The molecule has 1 aromatic carbocycles. The molecule has 1 amide bonds. The Kier molecular flexibility index (Phi) is 6.97. The molecule has 5 rings (SSSR count). The Labute approximate surface area is 203 Å². The Morgan fingerprint density at radius 2 is 2.18 bits per heavy atom. The fraction of sp³-hybridized carbons (Fsp3) is 0.500. The van der Waals surface area contributed by atoms with Crippen molar-refractivity contribution in [2.45, 2.75) is 64.1 Å². The van der Waals surface area contributed by atoms with Gasteiger partial charge in [-0.1, -0.05) is 12.1 Å². The third-order valence-electron chi connectivity index (χ3n) is 6.82. The zero-order valence-corrected chi connectivity index (χ0v) is 20.4. The van der Waals surface area contributed by atoms with Crippen molar-refractivity contribution < 1.29 is 14.3 Å². The van der Waals surface area contributed by atoms with Gasteiger partial charge in [0.25, 0.3) is 5.56 Å². The summed E-state index contributed by atoms with van der Waals surface area (Å²) < 4.78 is 12.8. The molecule has 2 aliphatic rings. The van der Waals surface area contributed by atoms with E-state index < -0.39 is 0 Å². The average molecular weight is 482 g/mol. The van der Waals surface area contributed by atoms with Crippen molar-refractivity contribution in [1.82, 2.24) is 14.5 Å². The van der Waals surface area contributed by atoms with Crippen LogP contribution in [-0.2, 0) is 35.5 Å². The summed E-state index contributed by atoms with van der Waals surface area (Å²) >= 11 is 1.65. The normalized spacial score (nSPS) is 17.6. The maximum Gasteiger partial charge on any atom is 0.262 e. The van der Waals surface area contributed by atoms with Gasteiger partial charge in [0.2, 0.25) is 5.91 Å². The largest absolute Gasteiger partial charge is 0.497 e. The lowest BCUT2D eigenvalue weighted by atomic mass is 9.97. The van der Waals surface area contributed by atoms with Crippen LogP contribution < -0.4 is 10.3 Å². The summed E-state index contributed by atoms with van der Waals surface area (Å²) in [4.78, 5) is 35.1. The quantitative estimate of drug-likeness (QED) is 0.487. The van der Waals surface area contributed by atoms with Crippen molar-refractivity contribution in [1.29, 1.82) is 0 Å². The number of benzene rings is 1. The number of hydrogen-bond donors (Lipinski definition) is 0. The van der Waals surface area contributed by atoms with Crippen LogP contribution in [-0.4, -0.2) is 46.7 Å². The van der Waals surface area contributed by atoms with Crippen LogP contribution in [0.1, 0.15) is 48.1 Å². The molecular weight excluding hydrogens is 450 g/mol. The lowest BCUT2D eigenvalue weighted by Crippen LogP contribution is -2.37. The summed E-state index contributed by atoms with van der Waals surface area (Å²) in [6.45, 7) is 2.11. The number of nitrogens with zero attached hydrogens (tertiary/aromatic N) is 3. The van der Waals surface area contributed by atoms with Crippen molar-refractivity contribution in [3.05, 3.63) is 57.0 Å². The van der Waals surface area contributed by atoms with E-state index in [1.54, 1.807) is 29.3 Å². The molecule has 0 radical (unpaired) electrons. The molecule has 3 aromatic rings. The molecule has 0 saturated carbocycles. The Bertz CT molecular complexity index is 1230. The standard InChI is InChI=1S/C26H31N3O4S/c1-32-19-7-4-6-18(14-19)15-29(16-20-8-5-13-33-20)23(30)11-12-28-17-27-25-24(26(28)31)21-9-2-3-10-22(21)34-25/h4,6-7,14,17,20H,2-3,5,8-13,15-16H2,1H3. The van der Waals surface area contributed by atoms with Gasteiger partial charge in [-0.15, -0.1) is 11.3 Å². The zero-order chi connectivity index (χ0) is 23.5. The van der Waals surface area contributed by atoms with E-state index in [1.165, 1.54) is 16.9 Å². The first-order valence-corrected chi connectivity index (χ1v) is 13.0. The molecule has 0 bridgehead atoms. The molecule has 1 saturated heterocycles. The van der Waals surface area contributed by atoms with E-state index >= 15 is 0 Å². The molecule has 1 aliphatic carbocycles. The highest BCUT2D eigenvalue weighted by molar-refractivity contribution is 7.18. The van der Waals surface area contributed by atoms with Crippen molar-refractivity contribution in [3.8, 4) is 5.75 Å². The summed E-state index contributed by atoms with van der Waals surface area (Å²) in [5.41, 5.74) is 2.17. The van der Waals surface area contributed by atoms with Gasteiger partial charge in [0.1, 0.15) is 10.6 Å². The van der Waals surface area contributed by atoms with Gasteiger partial charge >= 0.3 is 0 Å². The van der Waals surface area contributed by atoms with Crippen LogP contribution in [0.2, 0.25) is 0 Å². The first-order chi connectivity index (χ1) is 16.6. The third kappa shape index (κ3) is 4.88. The van der Waals surface area contributed by atoms with Crippen LogP contribution >= 0.6 is 11.3 Å². The number of ether oxygens (including phenoxy) is 2. The predicted octanol–water partition coefficient (Wildman–Crippen LogP) is 3.94. The molecule has 1 aliphatic heterocycles. The maximum atomic E-state index is 13.3. The number of hydrogen-bond acceptors (Lipinski definition) is 6. The van der Waals surface area contributed by atoms with Crippen LogP contribution in [0.15, 0.2) is 35.4 Å². The summed E-state index contributed by atoms with van der Waals surface area (Å²) in [7, 11) is 1.64. The van der Waals surface area contributed by atoms with Gasteiger partial charge in [-0.3, -0.25) is 14.2 Å². The minimum absolute atomic E-state index is 0.0117. The van der Waals surface area contributed by atoms with Crippen LogP contribution in [0, 0.1) is 0 Å². The van der Waals surface area contributed by atoms with Crippen LogP contribution in [0.25, 0.3) is 10.2 Å². The number of rotatable bonds is 8. The molecular formula is C26H31N3O4S. The minimum Gasteiger partial charge on any atom is -0.497 e. The lowest BCUT2D eigenvalue weighted by molar-refractivity contribution is -0.133. The molecule has 8 heteroatoms. The third-order valence-corrected chi connectivity index (χ3v) is 8.02. The first kappa shape index (κ1) is 23.1. The highest BCUT2D eigenvalue weighted by Crippen LogP contribution is 2.33. The van der Waals surface area contributed by atoms with Crippen molar-refractivity contribution in [2.75, 3.05) is 20.3 Å². The van der Waals surface area contributed by atoms with E-state index in [-0.39, 0.29) is 24.0 Å². The number of methoxy groups -OCH3 is 1. The molecule has 34 heavy (non-hydrogen) atoms. The number of aryl methyl sites for hydroxylation is 3. The fourth-order valence-corrected chi connectivity index (χ4v) is 6.21. The van der Waals surface area contributed by atoms with Crippen molar-refractivity contribution in [2.24, 2.45) is 0 Å². The Balaban J connectivity index is 1.33. The monoisotopic (exact) mass is 481 g/mol. The van der Waals surface area contributed by atoms with Crippen molar-refractivity contribution in [3.63, 3.8) is 0 Å². The second-order valence-electron chi connectivity index (χ2n) is 9.14. The lowest BCUT2D eigenvalue weighted by Gasteiger charge is -2.26. The highest BCUT2D eigenvalue weighted by atomic mass is 32.1. The predicted molar refractivity (Wildman–Crippen MR) is 133 cm³/mol. The van der Waals surface area contributed by atoms with Gasteiger partial charge in [-0.25, -0.2) is 4.98 Å². The summed E-state index contributed by atoms with van der Waals surface area (Å²) in [5, 5.41) is 0.766.